The Morgan fingerprint density at radius 1 is 0.968 bits per heavy atom. The van der Waals surface area contributed by atoms with E-state index in [0.29, 0.717) is 5.56 Å². The summed E-state index contributed by atoms with van der Waals surface area (Å²) in [6.45, 7) is 1.96. The van der Waals surface area contributed by atoms with E-state index in [4.69, 9.17) is 5.73 Å². The fraction of sp³-hybridized carbons (Fsp3) is 0.0400. The Labute approximate surface area is 179 Å². The van der Waals surface area contributed by atoms with E-state index in [0.717, 1.165) is 44.5 Å². The first-order valence-corrected chi connectivity index (χ1v) is 9.85. The van der Waals surface area contributed by atoms with E-state index in [9.17, 15) is 4.79 Å². The average Bonchev–Trinajstić information content (AvgIpc) is 3.29. The van der Waals surface area contributed by atoms with Gasteiger partial charge in [0, 0.05) is 52.3 Å². The number of carbonyl (C=O) groups excluding carboxylic acids is 1. The Bertz CT molecular complexity index is 1420. The van der Waals surface area contributed by atoms with E-state index in [-0.39, 0.29) is 0 Å². The molecule has 3 aromatic heterocycles. The van der Waals surface area contributed by atoms with E-state index in [2.05, 4.69) is 27.1 Å². The molecule has 0 unspecified atom stereocenters. The van der Waals surface area contributed by atoms with Gasteiger partial charge in [-0.05, 0) is 48.9 Å². The van der Waals surface area contributed by atoms with E-state index in [1.165, 1.54) is 0 Å². The minimum absolute atomic E-state index is 0.438. The third-order valence-electron chi connectivity index (χ3n) is 5.37. The molecule has 0 radical (unpaired) electrons. The predicted octanol–water partition coefficient (Wildman–Crippen LogP) is 4.56. The van der Waals surface area contributed by atoms with Crippen molar-refractivity contribution in [3.05, 3.63) is 96.8 Å². The molecule has 2 aromatic carbocycles. The van der Waals surface area contributed by atoms with Crippen molar-refractivity contribution in [2.24, 2.45) is 5.73 Å². The van der Waals surface area contributed by atoms with Crippen LogP contribution in [0.15, 0.2) is 85.7 Å². The molecule has 6 nitrogen and oxygen atoms in total. The van der Waals surface area contributed by atoms with Crippen LogP contribution in [0.3, 0.4) is 0 Å². The van der Waals surface area contributed by atoms with Gasteiger partial charge in [-0.25, -0.2) is 4.98 Å². The molecule has 6 heteroatoms. The monoisotopic (exact) mass is 405 g/mol. The van der Waals surface area contributed by atoms with Crippen LogP contribution in [-0.4, -0.2) is 25.4 Å². The molecule has 0 aliphatic rings. The maximum Gasteiger partial charge on any atom is 0.248 e. The van der Waals surface area contributed by atoms with Crippen LogP contribution in [0.5, 0.6) is 0 Å². The Kier molecular flexibility index (Phi) is 4.52. The van der Waals surface area contributed by atoms with E-state index >= 15 is 0 Å². The number of rotatable bonds is 4. The topological polar surface area (TPSA) is 86.7 Å². The number of nitrogens with zero attached hydrogens (tertiary/aromatic N) is 4. The first-order valence-electron chi connectivity index (χ1n) is 9.85. The largest absolute Gasteiger partial charge is 0.366 e. The van der Waals surface area contributed by atoms with Crippen LogP contribution < -0.4 is 5.73 Å². The zero-order valence-corrected chi connectivity index (χ0v) is 16.9. The quantitative estimate of drug-likeness (QED) is 0.475. The average molecular weight is 405 g/mol. The summed E-state index contributed by atoms with van der Waals surface area (Å²) in [5.41, 5.74) is 11.5. The fourth-order valence-corrected chi connectivity index (χ4v) is 3.83. The number of amides is 1. The molecule has 31 heavy (non-hydrogen) atoms. The molecular formula is C25H19N5O. The summed E-state index contributed by atoms with van der Waals surface area (Å²) in [5.74, 6) is -0.438. The first-order chi connectivity index (χ1) is 15.1. The van der Waals surface area contributed by atoms with Crippen LogP contribution in [0, 0.1) is 6.92 Å². The molecule has 0 atom stereocenters. The second-order valence-corrected chi connectivity index (χ2v) is 7.33. The van der Waals surface area contributed by atoms with E-state index < -0.39 is 5.91 Å². The van der Waals surface area contributed by atoms with Gasteiger partial charge < -0.3 is 10.3 Å². The van der Waals surface area contributed by atoms with Gasteiger partial charge in [0.05, 0.1) is 23.4 Å². The van der Waals surface area contributed by atoms with Crippen molar-refractivity contribution in [3.8, 4) is 28.2 Å². The molecule has 2 N–H and O–H groups in total. The van der Waals surface area contributed by atoms with Crippen molar-refractivity contribution < 1.29 is 4.79 Å². The van der Waals surface area contributed by atoms with Crippen LogP contribution in [0.4, 0.5) is 0 Å². The molecule has 0 aliphatic carbocycles. The number of primary amides is 1. The summed E-state index contributed by atoms with van der Waals surface area (Å²) < 4.78 is 2.01. The van der Waals surface area contributed by atoms with Crippen LogP contribution in [0.2, 0.25) is 0 Å². The highest BCUT2D eigenvalue weighted by atomic mass is 16.1. The second-order valence-electron chi connectivity index (χ2n) is 7.33. The zero-order chi connectivity index (χ0) is 21.4. The molecule has 0 spiro atoms. The lowest BCUT2D eigenvalue weighted by Gasteiger charge is -2.12. The highest BCUT2D eigenvalue weighted by Gasteiger charge is 2.13. The zero-order valence-electron chi connectivity index (χ0n) is 16.9. The van der Waals surface area contributed by atoms with Crippen molar-refractivity contribution in [1.29, 1.82) is 0 Å². The molecular weight excluding hydrogens is 386 g/mol. The van der Waals surface area contributed by atoms with Crippen molar-refractivity contribution in [1.82, 2.24) is 19.5 Å². The maximum absolute atomic E-state index is 11.5. The van der Waals surface area contributed by atoms with Gasteiger partial charge in [0.15, 0.2) is 0 Å². The first kappa shape index (κ1) is 18.7. The van der Waals surface area contributed by atoms with Crippen LogP contribution >= 0.6 is 0 Å². The predicted molar refractivity (Wildman–Crippen MR) is 121 cm³/mol. The summed E-state index contributed by atoms with van der Waals surface area (Å²) >= 11 is 0. The number of benzene rings is 2. The van der Waals surface area contributed by atoms with Crippen LogP contribution in [0.1, 0.15) is 15.9 Å². The minimum atomic E-state index is -0.438. The number of carbonyl (C=O) groups is 1. The number of aryl methyl sites for hydroxylation is 1. The van der Waals surface area contributed by atoms with Gasteiger partial charge in [0.2, 0.25) is 5.91 Å². The molecule has 0 aliphatic heterocycles. The molecule has 0 saturated carbocycles. The number of nitrogens with two attached hydrogens (primary N) is 1. The fourth-order valence-electron chi connectivity index (χ4n) is 3.83. The van der Waals surface area contributed by atoms with Crippen LogP contribution in [-0.2, 0) is 0 Å². The van der Waals surface area contributed by atoms with Crippen molar-refractivity contribution >= 4 is 16.7 Å². The summed E-state index contributed by atoms with van der Waals surface area (Å²) in [4.78, 5) is 24.9. The highest BCUT2D eigenvalue weighted by Crippen LogP contribution is 2.32. The van der Waals surface area contributed by atoms with Gasteiger partial charge >= 0.3 is 0 Å². The van der Waals surface area contributed by atoms with Crippen molar-refractivity contribution in [3.63, 3.8) is 0 Å². The lowest BCUT2D eigenvalue weighted by molar-refractivity contribution is 0.1000. The third-order valence-corrected chi connectivity index (χ3v) is 5.37. The van der Waals surface area contributed by atoms with Crippen molar-refractivity contribution in [2.45, 2.75) is 6.92 Å². The molecule has 150 valence electrons. The maximum atomic E-state index is 11.5. The van der Waals surface area contributed by atoms with Crippen molar-refractivity contribution in [2.75, 3.05) is 0 Å². The summed E-state index contributed by atoms with van der Waals surface area (Å²) in [6.07, 6.45) is 9.17. The molecule has 5 rings (SSSR count). The SMILES string of the molecule is Cc1cc(C(N)=O)ccc1-c1nccc2c(-n3cnc(-c4cccnc4)c3)cccc12. The lowest BCUT2D eigenvalue weighted by Crippen LogP contribution is -2.11. The summed E-state index contributed by atoms with van der Waals surface area (Å²) in [5, 5.41) is 2.08. The lowest BCUT2D eigenvalue weighted by atomic mass is 9.97. The molecule has 0 saturated heterocycles. The standard InChI is InChI=1S/C25H19N5O/c1-16-12-17(25(26)31)7-8-19(16)24-21-5-2-6-23(20(21)9-11-28-24)30-14-22(29-15-30)18-4-3-10-27-13-18/h2-15H,1H3,(H2,26,31). The summed E-state index contributed by atoms with van der Waals surface area (Å²) in [6, 6.07) is 17.5. The summed E-state index contributed by atoms with van der Waals surface area (Å²) in [7, 11) is 0. The number of imidazole rings is 1. The van der Waals surface area contributed by atoms with Gasteiger partial charge in [-0.2, -0.15) is 0 Å². The minimum Gasteiger partial charge on any atom is -0.366 e. The molecule has 3 heterocycles. The smallest absolute Gasteiger partial charge is 0.248 e. The van der Waals surface area contributed by atoms with Gasteiger partial charge in [-0.1, -0.05) is 18.2 Å². The van der Waals surface area contributed by atoms with Crippen LogP contribution in [0.25, 0.3) is 39.0 Å². The molecule has 0 bridgehead atoms. The Morgan fingerprint density at radius 2 is 1.87 bits per heavy atom. The Morgan fingerprint density at radius 3 is 2.65 bits per heavy atom. The number of hydrogen-bond donors (Lipinski definition) is 1. The Balaban J connectivity index is 1.64. The van der Waals surface area contributed by atoms with Gasteiger partial charge in [0.25, 0.3) is 0 Å². The van der Waals surface area contributed by atoms with E-state index in [1.54, 1.807) is 24.5 Å². The normalized spacial score (nSPS) is 11.0. The number of hydrogen-bond acceptors (Lipinski definition) is 4. The molecule has 1 amide bonds. The number of fused-ring (bicyclic) bond motifs is 1. The molecule has 0 fully saturated rings. The Hall–Kier alpha value is -4.32. The second kappa shape index (κ2) is 7.50. The molecule has 5 aromatic rings. The number of aromatic nitrogens is 4. The third kappa shape index (κ3) is 3.34. The highest BCUT2D eigenvalue weighted by molar-refractivity contribution is 6.00. The van der Waals surface area contributed by atoms with Gasteiger partial charge in [0.1, 0.15) is 0 Å². The number of pyridine rings is 2. The van der Waals surface area contributed by atoms with Gasteiger partial charge in [-0.15, -0.1) is 0 Å². The van der Waals surface area contributed by atoms with E-state index in [1.807, 2.05) is 60.5 Å². The van der Waals surface area contributed by atoms with Gasteiger partial charge in [-0.3, -0.25) is 14.8 Å².